The number of nitrogens with two attached hydrogens (primary N) is 1. The molecule has 0 spiro atoms. The predicted molar refractivity (Wildman–Crippen MR) is 135 cm³/mol. The highest BCUT2D eigenvalue weighted by Crippen LogP contribution is 2.35. The third-order valence-corrected chi connectivity index (χ3v) is 6.22. The Kier molecular flexibility index (Phi) is 8.42. The van der Waals surface area contributed by atoms with Crippen molar-refractivity contribution in [1.82, 2.24) is 19.5 Å². The van der Waals surface area contributed by atoms with Crippen LogP contribution in [0.3, 0.4) is 0 Å². The molecule has 0 aliphatic carbocycles. The number of nitrogen functional groups attached to an aromatic ring is 1. The summed E-state index contributed by atoms with van der Waals surface area (Å²) < 4.78 is 54.9. The van der Waals surface area contributed by atoms with Crippen LogP contribution in [-0.4, -0.2) is 76.2 Å². The van der Waals surface area contributed by atoms with E-state index in [-0.39, 0.29) is 53.4 Å². The molecule has 13 heteroatoms. The van der Waals surface area contributed by atoms with Gasteiger partial charge in [-0.05, 0) is 38.8 Å². The third-order valence-electron chi connectivity index (χ3n) is 5.94. The number of fused-ring (bicyclic) bond motifs is 1. The molecule has 3 aromatic rings. The van der Waals surface area contributed by atoms with Crippen molar-refractivity contribution >= 4 is 34.5 Å². The second-order valence-electron chi connectivity index (χ2n) is 9.33. The Bertz CT molecular complexity index is 1240. The van der Waals surface area contributed by atoms with Gasteiger partial charge in [0.1, 0.15) is 12.1 Å². The lowest BCUT2D eigenvalue weighted by molar-refractivity contribution is -0.0564. The number of rotatable bonds is 3. The molecule has 2 aliphatic rings. The molecule has 1 aromatic carbocycles. The lowest BCUT2D eigenvalue weighted by Gasteiger charge is -2.26. The zero-order chi connectivity index (χ0) is 26.7. The first-order valence-corrected chi connectivity index (χ1v) is 12.4. The monoisotopic (exact) mass is 542 g/mol. The van der Waals surface area contributed by atoms with Gasteiger partial charge in [-0.1, -0.05) is 11.6 Å². The average molecular weight is 543 g/mol. The number of imidazole rings is 1. The number of alkyl halides is 2. The molecule has 4 heterocycles. The number of halogens is 4. The number of aromatic nitrogens is 4. The molecule has 0 saturated carbocycles. The Morgan fingerprint density at radius 2 is 2.00 bits per heavy atom. The van der Waals surface area contributed by atoms with Crippen molar-refractivity contribution in [2.24, 2.45) is 0 Å². The molecule has 2 fully saturated rings. The Morgan fingerprint density at radius 1 is 1.22 bits per heavy atom. The van der Waals surface area contributed by atoms with E-state index < -0.39 is 24.9 Å². The Hall–Kier alpha value is -2.67. The van der Waals surface area contributed by atoms with Crippen LogP contribution in [0.5, 0.6) is 0 Å². The van der Waals surface area contributed by atoms with E-state index in [0.29, 0.717) is 17.7 Å². The van der Waals surface area contributed by atoms with Gasteiger partial charge >= 0.3 is 0 Å². The summed E-state index contributed by atoms with van der Waals surface area (Å²) in [5.41, 5.74) is 6.83. The number of hydrogen-bond donors (Lipinski definition) is 2. The van der Waals surface area contributed by atoms with Gasteiger partial charge in [-0.15, -0.1) is 0 Å². The first kappa shape index (κ1) is 27.4. The van der Waals surface area contributed by atoms with E-state index in [2.05, 4.69) is 15.0 Å². The molecule has 37 heavy (non-hydrogen) atoms. The van der Waals surface area contributed by atoms with Crippen molar-refractivity contribution in [1.29, 1.82) is 0 Å². The molecule has 2 saturated heterocycles. The maximum Gasteiger partial charge on any atom is 0.288 e. The molecule has 3 N–H and O–H groups in total. The molecule has 0 bridgehead atoms. The molecule has 9 nitrogen and oxygen atoms in total. The van der Waals surface area contributed by atoms with Crippen molar-refractivity contribution in [3.05, 3.63) is 29.2 Å². The second kappa shape index (κ2) is 11.4. The molecule has 5 rings (SSSR count). The van der Waals surface area contributed by atoms with Crippen LogP contribution in [0.2, 0.25) is 5.02 Å². The van der Waals surface area contributed by atoms with Gasteiger partial charge in [-0.2, -0.15) is 0 Å². The van der Waals surface area contributed by atoms with Crippen molar-refractivity contribution < 1.29 is 27.8 Å². The molecule has 0 radical (unpaired) electrons. The van der Waals surface area contributed by atoms with Crippen LogP contribution >= 0.6 is 11.6 Å². The van der Waals surface area contributed by atoms with Crippen molar-refractivity contribution in [3.63, 3.8) is 0 Å². The van der Waals surface area contributed by atoms with Gasteiger partial charge in [-0.3, -0.25) is 0 Å². The van der Waals surface area contributed by atoms with E-state index in [0.717, 1.165) is 19.4 Å². The summed E-state index contributed by atoms with van der Waals surface area (Å²) in [4.78, 5) is 13.7. The van der Waals surface area contributed by atoms with Gasteiger partial charge in [0, 0.05) is 24.8 Å². The highest BCUT2D eigenvalue weighted by Gasteiger charge is 2.36. The molecule has 0 amide bonds. The minimum Gasteiger partial charge on any atom is -0.391 e. The van der Waals surface area contributed by atoms with E-state index in [1.54, 1.807) is 10.6 Å². The number of aliphatic hydroxyl groups excluding tert-OH is 1. The Balaban J connectivity index is 0.000000396. The Morgan fingerprint density at radius 3 is 2.65 bits per heavy atom. The van der Waals surface area contributed by atoms with Crippen molar-refractivity contribution in [3.8, 4) is 11.3 Å². The summed E-state index contributed by atoms with van der Waals surface area (Å²) in [6, 6.07) is 2.75. The summed E-state index contributed by atoms with van der Waals surface area (Å²) in [6.07, 6.45) is 3.08. The van der Waals surface area contributed by atoms with Crippen LogP contribution in [0.1, 0.15) is 32.7 Å². The Labute approximate surface area is 217 Å². The summed E-state index contributed by atoms with van der Waals surface area (Å²) >= 11 is 6.18. The van der Waals surface area contributed by atoms with E-state index in [1.165, 1.54) is 17.2 Å². The lowest BCUT2D eigenvalue weighted by atomic mass is 10.1. The van der Waals surface area contributed by atoms with Gasteiger partial charge < -0.3 is 29.8 Å². The summed E-state index contributed by atoms with van der Waals surface area (Å²) in [5, 5.41) is 9.00. The molecule has 202 valence electrons. The second-order valence-corrected chi connectivity index (χ2v) is 9.73. The molecular weight excluding hydrogens is 513 g/mol. The van der Waals surface area contributed by atoms with Crippen LogP contribution in [0, 0.1) is 5.82 Å². The summed E-state index contributed by atoms with van der Waals surface area (Å²) in [5.74, 6) is -3.39. The highest BCUT2D eigenvalue weighted by molar-refractivity contribution is 6.33. The molecule has 2 aromatic heterocycles. The topological polar surface area (TPSA) is 112 Å². The van der Waals surface area contributed by atoms with Gasteiger partial charge in [0.25, 0.3) is 5.92 Å². The van der Waals surface area contributed by atoms with Crippen LogP contribution in [0.4, 0.5) is 25.1 Å². The predicted octanol–water partition coefficient (Wildman–Crippen LogP) is 4.08. The van der Waals surface area contributed by atoms with E-state index in [1.807, 2.05) is 13.8 Å². The first-order chi connectivity index (χ1) is 17.6. The van der Waals surface area contributed by atoms with Gasteiger partial charge in [-0.25, -0.2) is 28.1 Å². The minimum absolute atomic E-state index is 0.000223. The summed E-state index contributed by atoms with van der Waals surface area (Å²) in [7, 11) is 0. The maximum absolute atomic E-state index is 15.0. The number of anilines is 2. The molecule has 2 aliphatic heterocycles. The fraction of sp³-hybridized carbons (Fsp3) is 0.542. The SMILES string of the molecule is CC(C)n1c(N2CCOCC(F)(F)C2)nc2c(F)cc(-c3nc(N)ncc3Cl)cc21.OC1CCCOC1. The maximum atomic E-state index is 15.0. The number of nitrogens with zero attached hydrogens (tertiary/aromatic N) is 5. The average Bonchev–Trinajstić information content (AvgIpc) is 3.14. The fourth-order valence-corrected chi connectivity index (χ4v) is 4.49. The molecule has 1 unspecified atom stereocenters. The van der Waals surface area contributed by atoms with Gasteiger partial charge in [0.2, 0.25) is 11.9 Å². The largest absolute Gasteiger partial charge is 0.391 e. The van der Waals surface area contributed by atoms with Crippen molar-refractivity contribution in [2.45, 2.75) is 44.8 Å². The zero-order valence-corrected chi connectivity index (χ0v) is 21.4. The smallest absolute Gasteiger partial charge is 0.288 e. The number of hydrogen-bond acceptors (Lipinski definition) is 8. The van der Waals surface area contributed by atoms with Crippen LogP contribution in [0.25, 0.3) is 22.3 Å². The van der Waals surface area contributed by atoms with Gasteiger partial charge in [0.05, 0.1) is 48.3 Å². The zero-order valence-electron chi connectivity index (χ0n) is 20.6. The number of aliphatic hydroxyl groups is 1. The summed E-state index contributed by atoms with van der Waals surface area (Å²) in [6.45, 7) is 4.24. The van der Waals surface area contributed by atoms with E-state index >= 15 is 4.39 Å². The normalized spacial score (nSPS) is 20.0. The number of benzene rings is 1. The van der Waals surface area contributed by atoms with Crippen molar-refractivity contribution in [2.75, 3.05) is 50.2 Å². The van der Waals surface area contributed by atoms with Crippen LogP contribution in [-0.2, 0) is 9.47 Å². The molecular formula is C24H30ClF3N6O3. The third kappa shape index (κ3) is 6.43. The molecule has 1 atom stereocenters. The first-order valence-electron chi connectivity index (χ1n) is 12.0. The number of ether oxygens (including phenoxy) is 2. The standard InChI is InChI=1S/C19H20ClF3N6O.C5H10O2/c1-10(2)29-14-6-11(15-12(20)7-25-17(24)26-15)5-13(21)16(14)27-18(29)28-3-4-30-9-19(22,23)8-28;6-5-2-1-3-7-4-5/h5-7,10H,3-4,8-9H2,1-2H3,(H2,24,25,26);5-6H,1-4H2. The van der Waals surface area contributed by atoms with E-state index in [9.17, 15) is 8.78 Å². The van der Waals surface area contributed by atoms with Gasteiger partial charge in [0.15, 0.2) is 5.82 Å². The lowest BCUT2D eigenvalue weighted by Crippen LogP contribution is -2.39. The van der Waals surface area contributed by atoms with Crippen LogP contribution < -0.4 is 10.6 Å². The van der Waals surface area contributed by atoms with E-state index in [4.69, 9.17) is 31.9 Å². The van der Waals surface area contributed by atoms with Crippen LogP contribution in [0.15, 0.2) is 18.3 Å². The quantitative estimate of drug-likeness (QED) is 0.509. The highest BCUT2D eigenvalue weighted by atomic mass is 35.5. The fourth-order valence-electron chi connectivity index (χ4n) is 4.29. The minimum atomic E-state index is -3.04.